The predicted octanol–water partition coefficient (Wildman–Crippen LogP) is 3.72. The smallest absolute Gasteiger partial charge is 0.234 e. The summed E-state index contributed by atoms with van der Waals surface area (Å²) in [5.74, 6) is 0.325. The quantitative estimate of drug-likeness (QED) is 0.841. The maximum atomic E-state index is 13.5. The lowest BCUT2D eigenvalue weighted by molar-refractivity contribution is -0.127. The molecule has 3 aliphatic heterocycles. The number of fused-ring (bicyclic) bond motifs is 3. The minimum Gasteiger partial charge on any atom is -0.312 e. The highest BCUT2D eigenvalue weighted by molar-refractivity contribution is 6.00. The molecule has 0 N–H and O–H groups in total. The van der Waals surface area contributed by atoms with Crippen LogP contribution in [0.15, 0.2) is 54.6 Å². The minimum absolute atomic E-state index is 0.203. The lowest BCUT2D eigenvalue weighted by Crippen LogP contribution is -2.43. The average Bonchev–Trinajstić information content (AvgIpc) is 3.35. The van der Waals surface area contributed by atoms with Crippen LogP contribution in [-0.2, 0) is 11.3 Å². The molecule has 3 saturated heterocycles. The zero-order chi connectivity index (χ0) is 18.4. The van der Waals surface area contributed by atoms with E-state index in [1.807, 2.05) is 47.4 Å². The minimum atomic E-state index is -0.203. The largest absolute Gasteiger partial charge is 0.312 e. The SMILES string of the molecule is N#Cc1ccc(CN2[C@H]3CC[C@H]2[C@]2(CCN(c4ccccc4)C2=O)C3)cc1. The molecular weight excluding hydrogens is 334 g/mol. The highest BCUT2D eigenvalue weighted by Crippen LogP contribution is 2.55. The Morgan fingerprint density at radius 2 is 1.85 bits per heavy atom. The summed E-state index contributed by atoms with van der Waals surface area (Å²) in [4.78, 5) is 18.0. The Balaban J connectivity index is 1.38. The van der Waals surface area contributed by atoms with E-state index in [2.05, 4.69) is 23.1 Å². The van der Waals surface area contributed by atoms with Gasteiger partial charge < -0.3 is 4.90 Å². The summed E-state index contributed by atoms with van der Waals surface area (Å²) in [7, 11) is 0. The van der Waals surface area contributed by atoms with Crippen molar-refractivity contribution in [3.05, 3.63) is 65.7 Å². The van der Waals surface area contributed by atoms with E-state index in [0.29, 0.717) is 23.6 Å². The molecule has 2 aromatic rings. The van der Waals surface area contributed by atoms with Crippen LogP contribution in [-0.4, -0.2) is 29.4 Å². The van der Waals surface area contributed by atoms with Crippen molar-refractivity contribution in [2.75, 3.05) is 11.4 Å². The molecule has 2 aromatic carbocycles. The number of hydrogen-bond donors (Lipinski definition) is 0. The highest BCUT2D eigenvalue weighted by atomic mass is 16.2. The van der Waals surface area contributed by atoms with E-state index >= 15 is 0 Å². The molecule has 3 heterocycles. The number of benzene rings is 2. The van der Waals surface area contributed by atoms with Crippen LogP contribution in [0.2, 0.25) is 0 Å². The fourth-order valence-corrected chi connectivity index (χ4v) is 5.58. The zero-order valence-corrected chi connectivity index (χ0v) is 15.3. The van der Waals surface area contributed by atoms with Gasteiger partial charge >= 0.3 is 0 Å². The number of anilines is 1. The van der Waals surface area contributed by atoms with Gasteiger partial charge in [-0.2, -0.15) is 5.26 Å². The highest BCUT2D eigenvalue weighted by Gasteiger charge is 2.62. The number of carbonyl (C=O) groups excluding carboxylic acids is 1. The van der Waals surface area contributed by atoms with Crippen molar-refractivity contribution in [2.24, 2.45) is 5.41 Å². The topological polar surface area (TPSA) is 47.3 Å². The maximum absolute atomic E-state index is 13.5. The van der Waals surface area contributed by atoms with Gasteiger partial charge in [-0.15, -0.1) is 0 Å². The van der Waals surface area contributed by atoms with E-state index in [1.54, 1.807) is 0 Å². The molecule has 0 aromatic heterocycles. The van der Waals surface area contributed by atoms with Crippen molar-refractivity contribution in [1.82, 2.24) is 4.90 Å². The van der Waals surface area contributed by atoms with Gasteiger partial charge in [-0.25, -0.2) is 0 Å². The molecule has 0 unspecified atom stereocenters. The summed E-state index contributed by atoms with van der Waals surface area (Å²) in [6, 6.07) is 21.0. The first kappa shape index (κ1) is 16.5. The Morgan fingerprint density at radius 3 is 2.59 bits per heavy atom. The van der Waals surface area contributed by atoms with Crippen LogP contribution < -0.4 is 4.90 Å². The molecule has 3 atom stereocenters. The molecule has 2 bridgehead atoms. The van der Waals surface area contributed by atoms with Crippen LogP contribution in [0.5, 0.6) is 0 Å². The molecule has 27 heavy (non-hydrogen) atoms. The Labute approximate surface area is 160 Å². The van der Waals surface area contributed by atoms with Crippen molar-refractivity contribution < 1.29 is 4.79 Å². The molecular formula is C23H23N3O. The Bertz CT molecular complexity index is 901. The number of hydrogen-bond acceptors (Lipinski definition) is 3. The summed E-state index contributed by atoms with van der Waals surface area (Å²) >= 11 is 0. The standard InChI is InChI=1S/C23H23N3O/c24-15-17-6-8-18(9-7-17)16-26-20-10-11-21(26)23(14-20)12-13-25(22(23)27)19-4-2-1-3-5-19/h1-9,20-21H,10-14,16H2/t20-,21-,23-/m0/s1. The first-order chi connectivity index (χ1) is 13.2. The summed E-state index contributed by atoms with van der Waals surface area (Å²) < 4.78 is 0. The molecule has 5 rings (SSSR count). The van der Waals surface area contributed by atoms with Gasteiger partial charge in [0.1, 0.15) is 0 Å². The van der Waals surface area contributed by atoms with Crippen LogP contribution in [0.1, 0.15) is 36.8 Å². The van der Waals surface area contributed by atoms with Crippen LogP contribution in [0.4, 0.5) is 5.69 Å². The van der Waals surface area contributed by atoms with E-state index in [0.717, 1.165) is 38.0 Å². The molecule has 1 spiro atoms. The van der Waals surface area contributed by atoms with Gasteiger partial charge in [-0.3, -0.25) is 9.69 Å². The van der Waals surface area contributed by atoms with Crippen molar-refractivity contribution >= 4 is 11.6 Å². The molecule has 0 saturated carbocycles. The summed E-state index contributed by atoms with van der Waals surface area (Å²) in [6.45, 7) is 1.71. The second kappa shape index (κ2) is 6.21. The van der Waals surface area contributed by atoms with Gasteiger partial charge in [0, 0.05) is 30.9 Å². The predicted molar refractivity (Wildman–Crippen MR) is 104 cm³/mol. The normalized spacial score (nSPS) is 29.6. The molecule has 1 amide bonds. The molecule has 3 fully saturated rings. The first-order valence-electron chi connectivity index (χ1n) is 9.83. The number of nitrogens with zero attached hydrogens (tertiary/aromatic N) is 3. The van der Waals surface area contributed by atoms with Crippen molar-refractivity contribution in [3.63, 3.8) is 0 Å². The molecule has 0 aliphatic carbocycles. The molecule has 3 aliphatic rings. The van der Waals surface area contributed by atoms with E-state index in [9.17, 15) is 4.79 Å². The zero-order valence-electron chi connectivity index (χ0n) is 15.3. The number of carbonyl (C=O) groups is 1. The fourth-order valence-electron chi connectivity index (χ4n) is 5.58. The van der Waals surface area contributed by atoms with Gasteiger partial charge in [0.25, 0.3) is 0 Å². The Kier molecular flexibility index (Phi) is 3.80. The van der Waals surface area contributed by atoms with E-state index in [1.165, 1.54) is 12.0 Å². The van der Waals surface area contributed by atoms with Crippen LogP contribution in [0, 0.1) is 16.7 Å². The molecule has 4 heteroatoms. The van der Waals surface area contributed by atoms with E-state index in [-0.39, 0.29) is 5.41 Å². The van der Waals surface area contributed by atoms with Gasteiger partial charge in [-0.05, 0) is 55.5 Å². The fraction of sp³-hybridized carbons (Fsp3) is 0.391. The van der Waals surface area contributed by atoms with E-state index in [4.69, 9.17) is 5.26 Å². The third-order valence-electron chi connectivity index (χ3n) is 6.85. The maximum Gasteiger partial charge on any atom is 0.234 e. The summed E-state index contributed by atoms with van der Waals surface area (Å²) in [5, 5.41) is 8.99. The molecule has 0 radical (unpaired) electrons. The van der Waals surface area contributed by atoms with Gasteiger partial charge in [0.15, 0.2) is 0 Å². The second-order valence-electron chi connectivity index (χ2n) is 8.13. The lowest BCUT2D eigenvalue weighted by Gasteiger charge is -2.32. The summed E-state index contributed by atoms with van der Waals surface area (Å²) in [6.07, 6.45) is 4.28. The van der Waals surface area contributed by atoms with Gasteiger partial charge in [0.2, 0.25) is 5.91 Å². The van der Waals surface area contributed by atoms with E-state index < -0.39 is 0 Å². The second-order valence-corrected chi connectivity index (χ2v) is 8.13. The van der Waals surface area contributed by atoms with Crippen LogP contribution in [0.3, 0.4) is 0 Å². The number of rotatable bonds is 3. The number of nitriles is 1. The monoisotopic (exact) mass is 357 g/mol. The number of amides is 1. The third-order valence-corrected chi connectivity index (χ3v) is 6.85. The molecule has 136 valence electrons. The van der Waals surface area contributed by atoms with Gasteiger partial charge in [0.05, 0.1) is 17.0 Å². The summed E-state index contributed by atoms with van der Waals surface area (Å²) in [5.41, 5.74) is 2.75. The van der Waals surface area contributed by atoms with Crippen LogP contribution in [0.25, 0.3) is 0 Å². The molecule has 4 nitrogen and oxygen atoms in total. The van der Waals surface area contributed by atoms with Crippen molar-refractivity contribution in [1.29, 1.82) is 5.26 Å². The van der Waals surface area contributed by atoms with Crippen molar-refractivity contribution in [3.8, 4) is 6.07 Å². The first-order valence-corrected chi connectivity index (χ1v) is 9.83. The van der Waals surface area contributed by atoms with Crippen molar-refractivity contribution in [2.45, 2.75) is 44.3 Å². The third kappa shape index (κ3) is 2.49. The lowest BCUT2D eigenvalue weighted by atomic mass is 9.72. The average molecular weight is 357 g/mol. The Hall–Kier alpha value is -2.64. The van der Waals surface area contributed by atoms with Gasteiger partial charge in [-0.1, -0.05) is 30.3 Å². The number of para-hydroxylation sites is 1. The van der Waals surface area contributed by atoms with Crippen LogP contribution >= 0.6 is 0 Å². The Morgan fingerprint density at radius 1 is 1.07 bits per heavy atom.